The minimum absolute atomic E-state index is 0.0745. The fraction of sp³-hybridized carbons (Fsp3) is 1.00. The van der Waals surface area contributed by atoms with Gasteiger partial charge < -0.3 is 9.84 Å². The minimum atomic E-state index is -0.169. The van der Waals surface area contributed by atoms with Gasteiger partial charge in [0.15, 0.2) is 0 Å². The molecule has 3 fully saturated rings. The van der Waals surface area contributed by atoms with Crippen LogP contribution in [0.3, 0.4) is 0 Å². The van der Waals surface area contributed by atoms with Crippen LogP contribution in [0.5, 0.6) is 0 Å². The Labute approximate surface area is 105 Å². The number of hydrogen-bond acceptors (Lipinski definition) is 2. The van der Waals surface area contributed by atoms with Crippen LogP contribution >= 0.6 is 0 Å². The molecule has 2 saturated carbocycles. The average molecular weight is 238 g/mol. The summed E-state index contributed by atoms with van der Waals surface area (Å²) >= 11 is 0. The highest BCUT2D eigenvalue weighted by molar-refractivity contribution is 5.12. The molecule has 1 N–H and O–H groups in total. The van der Waals surface area contributed by atoms with Crippen LogP contribution in [0.25, 0.3) is 0 Å². The molecule has 6 atom stereocenters. The Bertz CT molecular complexity index is 323. The first kappa shape index (κ1) is 12.0. The number of hydrogen-bond donors (Lipinski definition) is 1. The molecule has 0 aromatic heterocycles. The van der Waals surface area contributed by atoms with E-state index in [1.165, 1.54) is 12.8 Å². The molecule has 0 radical (unpaired) electrons. The van der Waals surface area contributed by atoms with Crippen LogP contribution < -0.4 is 0 Å². The monoisotopic (exact) mass is 238 g/mol. The number of rotatable bonds is 0. The van der Waals surface area contributed by atoms with Crippen molar-refractivity contribution in [3.05, 3.63) is 0 Å². The van der Waals surface area contributed by atoms with Gasteiger partial charge in [0.1, 0.15) is 0 Å². The van der Waals surface area contributed by atoms with Crippen LogP contribution in [0, 0.1) is 23.7 Å². The average Bonchev–Trinajstić information content (AvgIpc) is 2.62. The van der Waals surface area contributed by atoms with E-state index in [9.17, 15) is 5.11 Å². The molecule has 98 valence electrons. The van der Waals surface area contributed by atoms with Crippen LogP contribution in [0.4, 0.5) is 0 Å². The van der Waals surface area contributed by atoms with E-state index in [4.69, 9.17) is 4.74 Å². The maximum atomic E-state index is 10.4. The van der Waals surface area contributed by atoms with Crippen molar-refractivity contribution in [2.75, 3.05) is 0 Å². The van der Waals surface area contributed by atoms with Crippen molar-refractivity contribution in [2.24, 2.45) is 23.7 Å². The van der Waals surface area contributed by atoms with Gasteiger partial charge in [0, 0.05) is 5.92 Å². The third kappa shape index (κ3) is 1.46. The van der Waals surface area contributed by atoms with Crippen molar-refractivity contribution in [1.29, 1.82) is 0 Å². The van der Waals surface area contributed by atoms with Gasteiger partial charge in [-0.1, -0.05) is 13.8 Å². The van der Waals surface area contributed by atoms with Crippen molar-refractivity contribution in [3.8, 4) is 0 Å². The van der Waals surface area contributed by atoms with E-state index in [-0.39, 0.29) is 17.3 Å². The lowest BCUT2D eigenvalue weighted by atomic mass is 9.77. The second kappa shape index (κ2) is 3.48. The molecular weight excluding hydrogens is 212 g/mol. The predicted molar refractivity (Wildman–Crippen MR) is 67.7 cm³/mol. The van der Waals surface area contributed by atoms with Gasteiger partial charge in [-0.3, -0.25) is 0 Å². The highest BCUT2D eigenvalue weighted by Gasteiger charge is 2.63. The maximum absolute atomic E-state index is 10.4. The molecule has 1 spiro atoms. The SMILES string of the molecule is C[C@H]1C[C@H](O)[C@H]2C[C@@]3(OC2(C)C)[C@@H]1CC[C@@H]3C. The molecule has 17 heavy (non-hydrogen) atoms. The van der Waals surface area contributed by atoms with Crippen LogP contribution in [0.2, 0.25) is 0 Å². The fourth-order valence-electron chi connectivity index (χ4n) is 5.08. The summed E-state index contributed by atoms with van der Waals surface area (Å²) < 4.78 is 6.56. The van der Waals surface area contributed by atoms with Gasteiger partial charge in [0.25, 0.3) is 0 Å². The van der Waals surface area contributed by atoms with Crippen LogP contribution in [0.15, 0.2) is 0 Å². The first-order valence-corrected chi connectivity index (χ1v) is 7.25. The summed E-state index contributed by atoms with van der Waals surface area (Å²) in [7, 11) is 0. The van der Waals surface area contributed by atoms with Crippen LogP contribution in [0.1, 0.15) is 53.4 Å². The topological polar surface area (TPSA) is 29.5 Å². The van der Waals surface area contributed by atoms with Crippen molar-refractivity contribution < 1.29 is 9.84 Å². The maximum Gasteiger partial charge on any atom is 0.0750 e. The summed E-state index contributed by atoms with van der Waals surface area (Å²) in [6.45, 7) is 9.01. The third-order valence-corrected chi connectivity index (χ3v) is 6.02. The van der Waals surface area contributed by atoms with Crippen molar-refractivity contribution in [2.45, 2.75) is 70.7 Å². The fourth-order valence-corrected chi connectivity index (χ4v) is 5.08. The minimum Gasteiger partial charge on any atom is -0.393 e. The Morgan fingerprint density at radius 3 is 2.53 bits per heavy atom. The molecular formula is C15H26O2. The molecule has 0 amide bonds. The molecule has 3 aliphatic rings. The van der Waals surface area contributed by atoms with E-state index in [0.29, 0.717) is 23.7 Å². The Morgan fingerprint density at radius 2 is 1.82 bits per heavy atom. The standard InChI is InChI=1S/C15H26O2/c1-9-7-13(16)12-8-15(17-14(12,3)4)10(2)5-6-11(9)15/h9-13,16H,5-8H2,1-4H3/t9-,10-,11+,12+,13-,15-/m0/s1. The largest absolute Gasteiger partial charge is 0.393 e. The number of fused-ring (bicyclic) bond motifs is 1. The Hall–Kier alpha value is -0.0800. The summed E-state index contributed by atoms with van der Waals surface area (Å²) in [6, 6.07) is 0. The second-order valence-electron chi connectivity index (χ2n) is 7.34. The first-order chi connectivity index (χ1) is 7.87. The normalized spacial score (nSPS) is 56.6. The van der Waals surface area contributed by atoms with Crippen molar-refractivity contribution in [3.63, 3.8) is 0 Å². The molecule has 0 aromatic rings. The zero-order valence-corrected chi connectivity index (χ0v) is 11.6. The van der Waals surface area contributed by atoms with Gasteiger partial charge >= 0.3 is 0 Å². The predicted octanol–water partition coefficient (Wildman–Crippen LogP) is 2.99. The van der Waals surface area contributed by atoms with E-state index in [2.05, 4.69) is 27.7 Å². The number of ether oxygens (including phenoxy) is 1. The summed E-state index contributed by atoms with van der Waals surface area (Å²) in [5.74, 6) is 2.26. The van der Waals surface area contributed by atoms with Gasteiger partial charge in [-0.15, -0.1) is 0 Å². The smallest absolute Gasteiger partial charge is 0.0750 e. The van der Waals surface area contributed by atoms with Gasteiger partial charge in [0.2, 0.25) is 0 Å². The zero-order chi connectivity index (χ0) is 12.4. The van der Waals surface area contributed by atoms with Gasteiger partial charge in [-0.2, -0.15) is 0 Å². The highest BCUT2D eigenvalue weighted by atomic mass is 16.5. The summed E-state index contributed by atoms with van der Waals surface area (Å²) in [5.41, 5.74) is -0.0680. The van der Waals surface area contributed by atoms with E-state index in [1.807, 2.05) is 0 Å². The molecule has 2 nitrogen and oxygen atoms in total. The van der Waals surface area contributed by atoms with E-state index in [1.54, 1.807) is 0 Å². The first-order valence-electron chi connectivity index (χ1n) is 7.25. The molecule has 1 saturated heterocycles. The van der Waals surface area contributed by atoms with E-state index < -0.39 is 0 Å². The van der Waals surface area contributed by atoms with Crippen LogP contribution in [-0.2, 0) is 4.74 Å². The zero-order valence-electron chi connectivity index (χ0n) is 11.6. The lowest BCUT2D eigenvalue weighted by Crippen LogP contribution is -2.45. The van der Waals surface area contributed by atoms with Crippen LogP contribution in [-0.4, -0.2) is 22.4 Å². The number of aliphatic hydroxyl groups excluding tert-OH is 1. The molecule has 2 bridgehead atoms. The van der Waals surface area contributed by atoms with Crippen molar-refractivity contribution >= 4 is 0 Å². The molecule has 3 rings (SSSR count). The summed E-state index contributed by atoms with van der Waals surface area (Å²) in [5, 5.41) is 10.4. The Balaban J connectivity index is 2.04. The molecule has 2 aliphatic carbocycles. The lowest BCUT2D eigenvalue weighted by molar-refractivity contribution is -0.156. The number of aliphatic hydroxyl groups is 1. The van der Waals surface area contributed by atoms with E-state index in [0.717, 1.165) is 12.8 Å². The lowest BCUT2D eigenvalue weighted by Gasteiger charge is -2.41. The van der Waals surface area contributed by atoms with Crippen molar-refractivity contribution in [1.82, 2.24) is 0 Å². The second-order valence-corrected chi connectivity index (χ2v) is 7.34. The molecule has 2 heteroatoms. The van der Waals surface area contributed by atoms with Gasteiger partial charge in [-0.05, 0) is 57.3 Å². The summed E-state index contributed by atoms with van der Waals surface area (Å²) in [6.07, 6.45) is 4.47. The Morgan fingerprint density at radius 1 is 1.12 bits per heavy atom. The summed E-state index contributed by atoms with van der Waals surface area (Å²) in [4.78, 5) is 0. The van der Waals surface area contributed by atoms with Gasteiger partial charge in [-0.25, -0.2) is 0 Å². The molecule has 0 unspecified atom stereocenters. The quantitative estimate of drug-likeness (QED) is 0.703. The van der Waals surface area contributed by atoms with Gasteiger partial charge in [0.05, 0.1) is 17.3 Å². The van der Waals surface area contributed by atoms with E-state index >= 15 is 0 Å². The third-order valence-electron chi connectivity index (χ3n) is 6.02. The molecule has 0 aromatic carbocycles. The molecule has 1 aliphatic heterocycles. The molecule has 1 heterocycles. The highest BCUT2D eigenvalue weighted by Crippen LogP contribution is 2.61. The Kier molecular flexibility index (Phi) is 2.45.